The number of ether oxygens (including phenoxy) is 1. The lowest BCUT2D eigenvalue weighted by Gasteiger charge is -2.16. The maximum absolute atomic E-state index is 14.7. The van der Waals surface area contributed by atoms with Gasteiger partial charge in [-0.3, -0.25) is 14.5 Å². The van der Waals surface area contributed by atoms with Crippen molar-refractivity contribution in [3.8, 4) is 0 Å². The number of amides is 3. The van der Waals surface area contributed by atoms with Crippen LogP contribution < -0.4 is 15.6 Å². The van der Waals surface area contributed by atoms with E-state index in [1.165, 1.54) is 29.3 Å². The SMILES string of the molecule is O=C(C=Cc1ccc(C=NO)cc1)NC[C@H]1CN(c2ccc(C3=NNC(=O)CS3)c(F)c2)C(=O)O1. The Balaban J connectivity index is 1.31. The third-order valence-electron chi connectivity index (χ3n) is 5.07. The average molecular weight is 498 g/mol. The number of nitrogens with zero attached hydrogens (tertiary/aromatic N) is 3. The summed E-state index contributed by atoms with van der Waals surface area (Å²) in [6, 6.07) is 11.3. The summed E-state index contributed by atoms with van der Waals surface area (Å²) in [6.45, 7) is 0.228. The molecular formula is C23H20FN5O5S. The van der Waals surface area contributed by atoms with E-state index in [0.717, 1.165) is 17.3 Å². The van der Waals surface area contributed by atoms with Gasteiger partial charge in [-0.1, -0.05) is 41.2 Å². The Kier molecular flexibility index (Phi) is 7.41. The number of anilines is 1. The fourth-order valence-corrected chi connectivity index (χ4v) is 4.10. The van der Waals surface area contributed by atoms with Crippen molar-refractivity contribution in [2.24, 2.45) is 10.3 Å². The molecule has 12 heteroatoms. The lowest BCUT2D eigenvalue weighted by Crippen LogP contribution is -2.33. The summed E-state index contributed by atoms with van der Waals surface area (Å²) in [5.41, 5.74) is 4.34. The zero-order valence-corrected chi connectivity index (χ0v) is 19.0. The Labute approximate surface area is 203 Å². The molecule has 3 amide bonds. The van der Waals surface area contributed by atoms with Crippen LogP contribution in [-0.2, 0) is 14.3 Å². The van der Waals surface area contributed by atoms with Gasteiger partial charge in [-0.25, -0.2) is 14.6 Å². The van der Waals surface area contributed by atoms with E-state index in [1.54, 1.807) is 36.4 Å². The molecule has 2 aliphatic heterocycles. The fraction of sp³-hybridized carbons (Fsp3) is 0.174. The van der Waals surface area contributed by atoms with Gasteiger partial charge >= 0.3 is 6.09 Å². The number of carbonyl (C=O) groups is 3. The van der Waals surface area contributed by atoms with E-state index < -0.39 is 18.0 Å². The van der Waals surface area contributed by atoms with Crippen LogP contribution in [-0.4, -0.2) is 59.3 Å². The third-order valence-corrected chi connectivity index (χ3v) is 6.06. The molecule has 3 N–H and O–H groups in total. The number of hydrazone groups is 1. The van der Waals surface area contributed by atoms with Gasteiger partial charge in [0.2, 0.25) is 5.91 Å². The van der Waals surface area contributed by atoms with E-state index in [0.29, 0.717) is 16.3 Å². The lowest BCUT2D eigenvalue weighted by atomic mass is 10.1. The van der Waals surface area contributed by atoms with E-state index in [4.69, 9.17) is 9.94 Å². The molecule has 0 saturated carbocycles. The third kappa shape index (κ3) is 6.03. The predicted molar refractivity (Wildman–Crippen MR) is 129 cm³/mol. The summed E-state index contributed by atoms with van der Waals surface area (Å²) in [5.74, 6) is -1.06. The zero-order chi connectivity index (χ0) is 24.8. The number of nitrogens with one attached hydrogen (secondary N) is 2. The first-order valence-electron chi connectivity index (χ1n) is 10.4. The average Bonchev–Trinajstić information content (AvgIpc) is 3.23. The minimum atomic E-state index is -0.643. The Bertz CT molecular complexity index is 1230. The molecule has 2 aliphatic rings. The molecule has 1 saturated heterocycles. The summed E-state index contributed by atoms with van der Waals surface area (Å²) < 4.78 is 20.0. The largest absolute Gasteiger partial charge is 0.442 e. The lowest BCUT2D eigenvalue weighted by molar-refractivity contribution is -0.118. The molecule has 0 aliphatic carbocycles. The van der Waals surface area contributed by atoms with Crippen LogP contribution in [0.2, 0.25) is 0 Å². The van der Waals surface area contributed by atoms with Crippen LogP contribution >= 0.6 is 11.8 Å². The molecule has 0 spiro atoms. The summed E-state index contributed by atoms with van der Waals surface area (Å²) >= 11 is 1.12. The van der Waals surface area contributed by atoms with Gasteiger partial charge in [0.1, 0.15) is 17.0 Å². The van der Waals surface area contributed by atoms with Gasteiger partial charge in [-0.05, 0) is 35.4 Å². The van der Waals surface area contributed by atoms with Gasteiger partial charge in [0.15, 0.2) is 0 Å². The van der Waals surface area contributed by atoms with Gasteiger partial charge < -0.3 is 15.3 Å². The van der Waals surface area contributed by atoms with E-state index in [2.05, 4.69) is 21.0 Å². The number of carbonyl (C=O) groups excluding carboxylic acids is 3. The number of cyclic esters (lactones) is 1. The molecule has 35 heavy (non-hydrogen) atoms. The van der Waals surface area contributed by atoms with Crippen LogP contribution in [0, 0.1) is 5.82 Å². The maximum Gasteiger partial charge on any atom is 0.414 e. The molecule has 10 nitrogen and oxygen atoms in total. The first kappa shape index (κ1) is 24.0. The second-order valence-corrected chi connectivity index (χ2v) is 8.47. The highest BCUT2D eigenvalue weighted by atomic mass is 32.2. The normalized spacial score (nSPS) is 18.0. The Morgan fingerprint density at radius 3 is 2.74 bits per heavy atom. The van der Waals surface area contributed by atoms with Gasteiger partial charge in [0.05, 0.1) is 30.7 Å². The highest BCUT2D eigenvalue weighted by Gasteiger charge is 2.33. The first-order chi connectivity index (χ1) is 16.9. The number of hydrogen-bond donors (Lipinski definition) is 3. The molecule has 2 aromatic rings. The molecule has 0 bridgehead atoms. The van der Waals surface area contributed by atoms with Crippen LogP contribution in [0.1, 0.15) is 16.7 Å². The van der Waals surface area contributed by atoms with Crippen LogP contribution in [0.25, 0.3) is 6.08 Å². The number of benzene rings is 2. The van der Waals surface area contributed by atoms with E-state index >= 15 is 0 Å². The Morgan fingerprint density at radius 1 is 1.29 bits per heavy atom. The van der Waals surface area contributed by atoms with Crippen molar-refractivity contribution in [2.75, 3.05) is 23.7 Å². The van der Waals surface area contributed by atoms with Crippen LogP contribution in [0.15, 0.2) is 58.8 Å². The topological polar surface area (TPSA) is 133 Å². The van der Waals surface area contributed by atoms with Crippen molar-refractivity contribution in [3.05, 3.63) is 71.0 Å². The highest BCUT2D eigenvalue weighted by molar-refractivity contribution is 8.15. The number of oxime groups is 1. The Morgan fingerprint density at radius 2 is 2.06 bits per heavy atom. The summed E-state index contributed by atoms with van der Waals surface area (Å²) in [5, 5.41) is 18.4. The van der Waals surface area contributed by atoms with Crippen molar-refractivity contribution < 1.29 is 28.7 Å². The van der Waals surface area contributed by atoms with E-state index in [1.807, 2.05) is 0 Å². The molecule has 180 valence electrons. The zero-order valence-electron chi connectivity index (χ0n) is 18.2. The van der Waals surface area contributed by atoms with Gasteiger partial charge in [0.25, 0.3) is 5.91 Å². The van der Waals surface area contributed by atoms with Crippen molar-refractivity contribution in [1.82, 2.24) is 10.7 Å². The molecule has 1 atom stereocenters. The van der Waals surface area contributed by atoms with Gasteiger partial charge in [-0.15, -0.1) is 0 Å². The van der Waals surface area contributed by atoms with Crippen LogP contribution in [0.3, 0.4) is 0 Å². The molecule has 0 unspecified atom stereocenters. The minimum Gasteiger partial charge on any atom is -0.442 e. The molecule has 4 rings (SSSR count). The maximum atomic E-state index is 14.7. The predicted octanol–water partition coefficient (Wildman–Crippen LogP) is 2.31. The van der Waals surface area contributed by atoms with E-state index in [-0.39, 0.29) is 36.2 Å². The molecule has 0 aromatic heterocycles. The first-order valence-corrected chi connectivity index (χ1v) is 11.4. The quantitative estimate of drug-likeness (QED) is 0.233. The van der Waals surface area contributed by atoms with Crippen molar-refractivity contribution >= 4 is 52.7 Å². The molecule has 0 radical (unpaired) electrons. The number of rotatable bonds is 7. The summed E-state index contributed by atoms with van der Waals surface area (Å²) in [7, 11) is 0. The van der Waals surface area contributed by atoms with Crippen molar-refractivity contribution in [3.63, 3.8) is 0 Å². The Hall–Kier alpha value is -4.19. The van der Waals surface area contributed by atoms with Gasteiger partial charge in [0, 0.05) is 11.6 Å². The minimum absolute atomic E-state index is 0.0883. The number of thioether (sulfide) groups is 1. The summed E-state index contributed by atoms with van der Waals surface area (Å²) in [6.07, 6.45) is 3.02. The summed E-state index contributed by atoms with van der Waals surface area (Å²) in [4.78, 5) is 36.9. The fourth-order valence-electron chi connectivity index (χ4n) is 3.34. The molecular weight excluding hydrogens is 477 g/mol. The van der Waals surface area contributed by atoms with Crippen LogP contribution in [0.4, 0.5) is 14.9 Å². The smallest absolute Gasteiger partial charge is 0.414 e. The van der Waals surface area contributed by atoms with Crippen molar-refractivity contribution in [1.29, 1.82) is 0 Å². The molecule has 1 fully saturated rings. The van der Waals surface area contributed by atoms with E-state index in [9.17, 15) is 18.8 Å². The monoisotopic (exact) mass is 497 g/mol. The highest BCUT2D eigenvalue weighted by Crippen LogP contribution is 2.26. The second-order valence-electron chi connectivity index (χ2n) is 7.51. The molecule has 2 heterocycles. The standard InChI is InChI=1S/C23H20FN5O5S/c24-19-9-16(6-7-18(19)22-28-27-21(31)13-35-22)29-12-17(34-23(29)32)11-25-20(30)8-5-14-1-3-15(4-2-14)10-26-33/h1-10,17,33H,11-13H2,(H,25,30)(H,27,31)/t17-/m0/s1. The number of halogens is 1. The second kappa shape index (κ2) is 10.8. The van der Waals surface area contributed by atoms with Crippen LogP contribution in [0.5, 0.6) is 0 Å². The molecule has 2 aromatic carbocycles. The van der Waals surface area contributed by atoms with Gasteiger partial charge in [-0.2, -0.15) is 5.10 Å². The van der Waals surface area contributed by atoms with Crippen molar-refractivity contribution in [2.45, 2.75) is 6.10 Å². The number of hydrogen-bond acceptors (Lipinski definition) is 8.